The first-order chi connectivity index (χ1) is 10.1. The average molecular weight is 287 g/mol. The maximum absolute atomic E-state index is 12.3. The molecule has 1 aromatic carbocycles. The van der Waals surface area contributed by atoms with E-state index in [9.17, 15) is 4.79 Å². The summed E-state index contributed by atoms with van der Waals surface area (Å²) in [6, 6.07) is 8.67. The number of aryl methyl sites for hydroxylation is 1. The molecule has 0 spiro atoms. The van der Waals surface area contributed by atoms with Crippen molar-refractivity contribution in [2.45, 2.75) is 58.9 Å². The second-order valence-corrected chi connectivity index (χ2v) is 6.87. The SMILES string of the molecule is Cc1ccc(C(=O)CCN(CC(C)C)C2CCCC2)cc1. The predicted octanol–water partition coefficient (Wildman–Crippen LogP) is 4.47. The summed E-state index contributed by atoms with van der Waals surface area (Å²) in [6.07, 6.45) is 5.97. The minimum absolute atomic E-state index is 0.279. The van der Waals surface area contributed by atoms with Gasteiger partial charge in [0, 0.05) is 31.1 Å². The van der Waals surface area contributed by atoms with Crippen molar-refractivity contribution >= 4 is 5.78 Å². The van der Waals surface area contributed by atoms with Gasteiger partial charge in [0.05, 0.1) is 0 Å². The van der Waals surface area contributed by atoms with Crippen molar-refractivity contribution in [3.8, 4) is 0 Å². The van der Waals surface area contributed by atoms with Gasteiger partial charge in [0.2, 0.25) is 0 Å². The molecule has 2 nitrogen and oxygen atoms in total. The third-order valence-electron chi connectivity index (χ3n) is 4.44. The fourth-order valence-electron chi connectivity index (χ4n) is 3.29. The molecule has 2 heteroatoms. The summed E-state index contributed by atoms with van der Waals surface area (Å²) in [4.78, 5) is 14.9. The van der Waals surface area contributed by atoms with Crippen LogP contribution in [0.1, 0.15) is 61.9 Å². The molecule has 2 rings (SSSR count). The summed E-state index contributed by atoms with van der Waals surface area (Å²) in [6.45, 7) is 8.62. The third kappa shape index (κ3) is 4.96. The smallest absolute Gasteiger partial charge is 0.164 e. The number of carbonyl (C=O) groups is 1. The molecule has 0 radical (unpaired) electrons. The molecule has 0 heterocycles. The Labute approximate surface area is 129 Å². The van der Waals surface area contributed by atoms with Gasteiger partial charge in [-0.1, -0.05) is 56.5 Å². The van der Waals surface area contributed by atoms with E-state index >= 15 is 0 Å². The van der Waals surface area contributed by atoms with E-state index in [2.05, 4.69) is 25.7 Å². The first-order valence-electron chi connectivity index (χ1n) is 8.40. The lowest BCUT2D eigenvalue weighted by Crippen LogP contribution is -2.37. The zero-order chi connectivity index (χ0) is 15.2. The standard InChI is InChI=1S/C19H29NO/c1-15(2)14-20(18-6-4-5-7-18)13-12-19(21)17-10-8-16(3)9-11-17/h8-11,15,18H,4-7,12-14H2,1-3H3. The summed E-state index contributed by atoms with van der Waals surface area (Å²) >= 11 is 0. The minimum Gasteiger partial charge on any atom is -0.300 e. The molecular formula is C19H29NO. The van der Waals surface area contributed by atoms with E-state index < -0.39 is 0 Å². The fraction of sp³-hybridized carbons (Fsp3) is 0.632. The van der Waals surface area contributed by atoms with Gasteiger partial charge < -0.3 is 0 Å². The lowest BCUT2D eigenvalue weighted by molar-refractivity contribution is 0.0942. The van der Waals surface area contributed by atoms with Crippen LogP contribution >= 0.6 is 0 Å². The summed E-state index contributed by atoms with van der Waals surface area (Å²) < 4.78 is 0. The maximum Gasteiger partial charge on any atom is 0.164 e. The van der Waals surface area contributed by atoms with E-state index in [-0.39, 0.29) is 5.78 Å². The third-order valence-corrected chi connectivity index (χ3v) is 4.44. The van der Waals surface area contributed by atoms with Crippen LogP contribution in [-0.2, 0) is 0 Å². The van der Waals surface area contributed by atoms with Crippen molar-refractivity contribution in [2.24, 2.45) is 5.92 Å². The monoisotopic (exact) mass is 287 g/mol. The van der Waals surface area contributed by atoms with Gasteiger partial charge in [-0.2, -0.15) is 0 Å². The van der Waals surface area contributed by atoms with Crippen LogP contribution < -0.4 is 0 Å². The molecule has 0 bridgehead atoms. The Bertz CT molecular complexity index is 443. The Hall–Kier alpha value is -1.15. The largest absolute Gasteiger partial charge is 0.300 e. The number of nitrogens with zero attached hydrogens (tertiary/aromatic N) is 1. The second-order valence-electron chi connectivity index (χ2n) is 6.87. The normalized spacial score (nSPS) is 16.0. The Balaban J connectivity index is 1.90. The average Bonchev–Trinajstić information content (AvgIpc) is 2.97. The molecule has 116 valence electrons. The molecule has 1 aliphatic rings. The number of hydrogen-bond donors (Lipinski definition) is 0. The first-order valence-corrected chi connectivity index (χ1v) is 8.40. The molecule has 0 aliphatic heterocycles. The molecule has 0 N–H and O–H groups in total. The highest BCUT2D eigenvalue weighted by atomic mass is 16.1. The quantitative estimate of drug-likeness (QED) is 0.690. The topological polar surface area (TPSA) is 20.3 Å². The van der Waals surface area contributed by atoms with Crippen LogP contribution in [-0.4, -0.2) is 29.8 Å². The van der Waals surface area contributed by atoms with Crippen molar-refractivity contribution in [1.82, 2.24) is 4.90 Å². The zero-order valence-corrected chi connectivity index (χ0v) is 13.8. The van der Waals surface area contributed by atoms with Gasteiger partial charge in [-0.15, -0.1) is 0 Å². The van der Waals surface area contributed by atoms with Crippen molar-refractivity contribution in [3.05, 3.63) is 35.4 Å². The number of ketones is 1. The number of rotatable bonds is 7. The summed E-state index contributed by atoms with van der Waals surface area (Å²) in [5, 5.41) is 0. The van der Waals surface area contributed by atoms with Crippen LogP contribution in [0, 0.1) is 12.8 Å². The van der Waals surface area contributed by atoms with E-state index in [1.807, 2.05) is 24.3 Å². The van der Waals surface area contributed by atoms with Gasteiger partial charge in [0.15, 0.2) is 5.78 Å². The summed E-state index contributed by atoms with van der Waals surface area (Å²) in [7, 11) is 0. The fourth-order valence-corrected chi connectivity index (χ4v) is 3.29. The van der Waals surface area contributed by atoms with Crippen LogP contribution in [0.4, 0.5) is 0 Å². The predicted molar refractivity (Wildman–Crippen MR) is 88.8 cm³/mol. The van der Waals surface area contributed by atoms with E-state index in [0.29, 0.717) is 18.4 Å². The molecule has 0 aromatic heterocycles. The van der Waals surface area contributed by atoms with Gasteiger partial charge in [-0.05, 0) is 25.7 Å². The number of Topliss-reactive ketones (excluding diaryl/α,β-unsaturated/α-hetero) is 1. The Morgan fingerprint density at radius 2 is 1.81 bits per heavy atom. The van der Waals surface area contributed by atoms with Gasteiger partial charge in [0.25, 0.3) is 0 Å². The van der Waals surface area contributed by atoms with Gasteiger partial charge >= 0.3 is 0 Å². The maximum atomic E-state index is 12.3. The van der Waals surface area contributed by atoms with Crippen LogP contribution in [0.3, 0.4) is 0 Å². The van der Waals surface area contributed by atoms with Gasteiger partial charge in [0.1, 0.15) is 0 Å². The molecule has 0 amide bonds. The van der Waals surface area contributed by atoms with Crippen LogP contribution in [0.5, 0.6) is 0 Å². The molecule has 0 atom stereocenters. The number of hydrogen-bond acceptors (Lipinski definition) is 2. The van der Waals surface area contributed by atoms with Crippen molar-refractivity contribution in [2.75, 3.05) is 13.1 Å². The van der Waals surface area contributed by atoms with E-state index in [4.69, 9.17) is 0 Å². The highest BCUT2D eigenvalue weighted by Crippen LogP contribution is 2.24. The highest BCUT2D eigenvalue weighted by Gasteiger charge is 2.23. The van der Waals surface area contributed by atoms with Crippen molar-refractivity contribution in [3.63, 3.8) is 0 Å². The number of benzene rings is 1. The molecule has 1 fully saturated rings. The Morgan fingerprint density at radius 1 is 1.19 bits per heavy atom. The Morgan fingerprint density at radius 3 is 2.38 bits per heavy atom. The van der Waals surface area contributed by atoms with E-state index in [1.54, 1.807) is 0 Å². The molecule has 0 saturated heterocycles. The van der Waals surface area contributed by atoms with Crippen LogP contribution in [0.2, 0.25) is 0 Å². The van der Waals surface area contributed by atoms with E-state index in [0.717, 1.165) is 18.7 Å². The van der Waals surface area contributed by atoms with Gasteiger partial charge in [-0.3, -0.25) is 9.69 Å². The summed E-state index contributed by atoms with van der Waals surface area (Å²) in [5.41, 5.74) is 2.07. The van der Waals surface area contributed by atoms with Crippen LogP contribution in [0.15, 0.2) is 24.3 Å². The molecule has 0 unspecified atom stereocenters. The zero-order valence-electron chi connectivity index (χ0n) is 13.8. The second kappa shape index (κ2) is 7.74. The molecular weight excluding hydrogens is 258 g/mol. The van der Waals surface area contributed by atoms with Crippen molar-refractivity contribution in [1.29, 1.82) is 0 Å². The van der Waals surface area contributed by atoms with Crippen LogP contribution in [0.25, 0.3) is 0 Å². The Kier molecular flexibility index (Phi) is 5.98. The highest BCUT2D eigenvalue weighted by molar-refractivity contribution is 5.96. The lowest BCUT2D eigenvalue weighted by Gasteiger charge is -2.30. The molecule has 1 aliphatic carbocycles. The first kappa shape index (κ1) is 16.2. The molecule has 1 saturated carbocycles. The van der Waals surface area contributed by atoms with E-state index in [1.165, 1.54) is 31.2 Å². The molecule has 1 aromatic rings. The van der Waals surface area contributed by atoms with Crippen molar-refractivity contribution < 1.29 is 4.79 Å². The molecule has 21 heavy (non-hydrogen) atoms. The summed E-state index contributed by atoms with van der Waals surface area (Å²) in [5.74, 6) is 0.946. The minimum atomic E-state index is 0.279. The lowest BCUT2D eigenvalue weighted by atomic mass is 10.0. The number of carbonyl (C=O) groups excluding carboxylic acids is 1. The van der Waals surface area contributed by atoms with Gasteiger partial charge in [-0.25, -0.2) is 0 Å².